The number of thiocarbonyl (C=S) groups is 1. The number of nitro benzene ring substituents is 1. The first kappa shape index (κ1) is 16.5. The Kier molecular flexibility index (Phi) is 4.65. The van der Waals surface area contributed by atoms with Crippen LogP contribution in [-0.2, 0) is 9.59 Å². The van der Waals surface area contributed by atoms with Crippen LogP contribution >= 0.6 is 12.2 Å². The van der Waals surface area contributed by atoms with Gasteiger partial charge in [-0.2, -0.15) is 0 Å². The van der Waals surface area contributed by atoms with Gasteiger partial charge in [-0.15, -0.1) is 6.58 Å². The maximum absolute atomic E-state index is 12.4. The number of carbonyl (C=O) groups is 2. The van der Waals surface area contributed by atoms with Crippen molar-refractivity contribution >= 4 is 40.9 Å². The maximum atomic E-state index is 12.4. The molecule has 1 aliphatic rings. The zero-order valence-corrected chi connectivity index (χ0v) is 13.1. The highest BCUT2D eigenvalue weighted by Gasteiger charge is 2.32. The monoisotopic (exact) mass is 331 g/mol. The fraction of sp³-hybridized carbons (Fsp3) is 0.133. The van der Waals surface area contributed by atoms with Gasteiger partial charge in [-0.25, -0.2) is 0 Å². The number of amides is 2. The van der Waals surface area contributed by atoms with E-state index < -0.39 is 16.7 Å². The zero-order valence-electron chi connectivity index (χ0n) is 12.2. The molecule has 0 bridgehead atoms. The van der Waals surface area contributed by atoms with Crippen molar-refractivity contribution in [2.24, 2.45) is 0 Å². The van der Waals surface area contributed by atoms with E-state index >= 15 is 0 Å². The lowest BCUT2D eigenvalue weighted by atomic mass is 10.0. The molecular formula is C15H13N3O4S. The molecule has 0 saturated carbocycles. The molecule has 0 unspecified atom stereocenters. The molecule has 0 atom stereocenters. The highest BCUT2D eigenvalue weighted by Crippen LogP contribution is 2.22. The van der Waals surface area contributed by atoms with Gasteiger partial charge < -0.3 is 0 Å². The summed E-state index contributed by atoms with van der Waals surface area (Å²) in [6.45, 7) is 5.30. The summed E-state index contributed by atoms with van der Waals surface area (Å²) in [6.07, 6.45) is 2.79. The number of hydrogen-bond donors (Lipinski definition) is 1. The Hall–Kier alpha value is -2.87. The molecule has 1 saturated heterocycles. The van der Waals surface area contributed by atoms with Crippen LogP contribution in [0.1, 0.15) is 11.1 Å². The van der Waals surface area contributed by atoms with E-state index in [-0.39, 0.29) is 22.9 Å². The van der Waals surface area contributed by atoms with Crippen LogP contribution in [-0.4, -0.2) is 33.3 Å². The molecule has 0 radical (unpaired) electrons. The SMILES string of the molecule is C=CCN1C(=O)/C(=C/c2ccc(C)c([N+](=O)[O-])c2)C(=O)NC1=S. The van der Waals surface area contributed by atoms with E-state index in [1.165, 1.54) is 23.1 Å². The second-order valence-corrected chi connectivity index (χ2v) is 5.21. The summed E-state index contributed by atoms with van der Waals surface area (Å²) in [6, 6.07) is 4.47. The summed E-state index contributed by atoms with van der Waals surface area (Å²) in [5.74, 6) is -1.20. The Bertz CT molecular complexity index is 770. The van der Waals surface area contributed by atoms with E-state index in [2.05, 4.69) is 11.9 Å². The molecule has 1 heterocycles. The van der Waals surface area contributed by atoms with Crippen molar-refractivity contribution in [3.05, 3.63) is 57.7 Å². The summed E-state index contributed by atoms with van der Waals surface area (Å²) in [5.41, 5.74) is 0.651. The van der Waals surface area contributed by atoms with Crippen molar-refractivity contribution in [2.75, 3.05) is 6.54 Å². The maximum Gasteiger partial charge on any atom is 0.272 e. The van der Waals surface area contributed by atoms with Crippen molar-refractivity contribution in [3.8, 4) is 0 Å². The van der Waals surface area contributed by atoms with Gasteiger partial charge in [0.1, 0.15) is 5.57 Å². The number of carbonyl (C=O) groups excluding carboxylic acids is 2. The topological polar surface area (TPSA) is 92.6 Å². The molecule has 118 valence electrons. The molecule has 8 heteroatoms. The number of nitrogens with one attached hydrogen (secondary N) is 1. The van der Waals surface area contributed by atoms with Gasteiger partial charge in [0.25, 0.3) is 17.5 Å². The Balaban J connectivity index is 2.44. The average Bonchev–Trinajstić information content (AvgIpc) is 2.49. The van der Waals surface area contributed by atoms with Gasteiger partial charge in [-0.1, -0.05) is 18.2 Å². The summed E-state index contributed by atoms with van der Waals surface area (Å²) in [4.78, 5) is 36.0. The first-order chi connectivity index (χ1) is 10.8. The van der Waals surface area contributed by atoms with Crippen molar-refractivity contribution in [3.63, 3.8) is 0 Å². The molecule has 1 N–H and O–H groups in total. The minimum atomic E-state index is -0.636. The summed E-state index contributed by atoms with van der Waals surface area (Å²) in [5, 5.41) is 13.4. The van der Waals surface area contributed by atoms with Gasteiger partial charge in [0.05, 0.1) is 4.92 Å². The van der Waals surface area contributed by atoms with Crippen LogP contribution in [0.15, 0.2) is 36.4 Å². The van der Waals surface area contributed by atoms with Gasteiger partial charge >= 0.3 is 0 Å². The van der Waals surface area contributed by atoms with Crippen molar-refractivity contribution in [1.82, 2.24) is 10.2 Å². The predicted molar refractivity (Wildman–Crippen MR) is 88.5 cm³/mol. The third kappa shape index (κ3) is 3.32. The van der Waals surface area contributed by atoms with Gasteiger partial charge in [0.15, 0.2) is 5.11 Å². The Morgan fingerprint density at radius 1 is 1.43 bits per heavy atom. The smallest absolute Gasteiger partial charge is 0.272 e. The lowest BCUT2D eigenvalue weighted by molar-refractivity contribution is -0.385. The lowest BCUT2D eigenvalue weighted by Crippen LogP contribution is -2.53. The van der Waals surface area contributed by atoms with E-state index in [9.17, 15) is 19.7 Å². The van der Waals surface area contributed by atoms with Crippen LogP contribution < -0.4 is 5.32 Å². The third-order valence-corrected chi connectivity index (χ3v) is 3.56. The zero-order chi connectivity index (χ0) is 17.1. The van der Waals surface area contributed by atoms with E-state index in [0.29, 0.717) is 11.1 Å². The molecule has 7 nitrogen and oxygen atoms in total. The number of nitrogens with zero attached hydrogens (tertiary/aromatic N) is 2. The number of hydrogen-bond acceptors (Lipinski definition) is 5. The Morgan fingerprint density at radius 3 is 2.74 bits per heavy atom. The minimum absolute atomic E-state index is 0.00642. The minimum Gasteiger partial charge on any atom is -0.298 e. The molecule has 0 aliphatic carbocycles. The first-order valence-electron chi connectivity index (χ1n) is 6.60. The molecule has 1 fully saturated rings. The fourth-order valence-corrected chi connectivity index (χ4v) is 2.32. The molecule has 23 heavy (non-hydrogen) atoms. The van der Waals surface area contributed by atoms with Crippen LogP contribution in [0, 0.1) is 17.0 Å². The average molecular weight is 331 g/mol. The molecule has 1 aromatic carbocycles. The normalized spacial score (nSPS) is 16.5. The first-order valence-corrected chi connectivity index (χ1v) is 7.00. The number of rotatable bonds is 4. The fourth-order valence-electron chi connectivity index (χ4n) is 2.07. The number of nitro groups is 1. The molecule has 1 aromatic rings. The Morgan fingerprint density at radius 2 is 2.13 bits per heavy atom. The molecule has 2 rings (SSSR count). The van der Waals surface area contributed by atoms with Gasteiger partial charge in [0.2, 0.25) is 0 Å². The number of benzene rings is 1. The van der Waals surface area contributed by atoms with Crippen molar-refractivity contribution in [1.29, 1.82) is 0 Å². The van der Waals surface area contributed by atoms with E-state index in [1.807, 2.05) is 0 Å². The largest absolute Gasteiger partial charge is 0.298 e. The van der Waals surface area contributed by atoms with Crippen LogP contribution in [0.2, 0.25) is 0 Å². The molecule has 1 aliphatic heterocycles. The molecular weight excluding hydrogens is 318 g/mol. The second-order valence-electron chi connectivity index (χ2n) is 4.82. The lowest BCUT2D eigenvalue weighted by Gasteiger charge is -2.27. The highest BCUT2D eigenvalue weighted by atomic mass is 32.1. The third-order valence-electron chi connectivity index (χ3n) is 3.24. The summed E-state index contributed by atoms with van der Waals surface area (Å²) < 4.78 is 0. The van der Waals surface area contributed by atoms with Crippen LogP contribution in [0.25, 0.3) is 6.08 Å². The summed E-state index contributed by atoms with van der Waals surface area (Å²) in [7, 11) is 0. The molecule has 0 aromatic heterocycles. The Labute approximate surface area is 137 Å². The number of aryl methyl sites for hydroxylation is 1. The standard InChI is InChI=1S/C15H13N3O4S/c1-3-6-17-14(20)11(13(19)16-15(17)23)7-10-5-4-9(2)12(8-10)18(21)22/h3-5,7-8H,1,6H2,2H3,(H,16,19,23)/b11-7+. The van der Waals surface area contributed by atoms with E-state index in [1.54, 1.807) is 19.1 Å². The molecule has 2 amide bonds. The van der Waals surface area contributed by atoms with E-state index in [4.69, 9.17) is 12.2 Å². The second kappa shape index (κ2) is 6.49. The quantitative estimate of drug-likeness (QED) is 0.226. The van der Waals surface area contributed by atoms with Crippen molar-refractivity contribution in [2.45, 2.75) is 6.92 Å². The van der Waals surface area contributed by atoms with E-state index in [0.717, 1.165) is 0 Å². The molecule has 0 spiro atoms. The summed E-state index contributed by atoms with van der Waals surface area (Å²) >= 11 is 4.95. The predicted octanol–water partition coefficient (Wildman–Crippen LogP) is 1.72. The van der Waals surface area contributed by atoms with Gasteiger partial charge in [0, 0.05) is 18.2 Å². The van der Waals surface area contributed by atoms with Gasteiger partial charge in [-0.05, 0) is 30.8 Å². The van der Waals surface area contributed by atoms with Crippen LogP contribution in [0.3, 0.4) is 0 Å². The van der Waals surface area contributed by atoms with Crippen LogP contribution in [0.4, 0.5) is 5.69 Å². The highest BCUT2D eigenvalue weighted by molar-refractivity contribution is 7.80. The van der Waals surface area contributed by atoms with Crippen LogP contribution in [0.5, 0.6) is 0 Å². The van der Waals surface area contributed by atoms with Crippen molar-refractivity contribution < 1.29 is 14.5 Å². The van der Waals surface area contributed by atoms with Gasteiger partial charge in [-0.3, -0.25) is 29.9 Å².